The van der Waals surface area contributed by atoms with Crippen LogP contribution in [0.4, 0.5) is 0 Å². The van der Waals surface area contributed by atoms with Gasteiger partial charge in [0.25, 0.3) is 0 Å². The number of aryl methyl sites for hydroxylation is 1. The van der Waals surface area contributed by atoms with E-state index < -0.39 is 0 Å². The lowest BCUT2D eigenvalue weighted by atomic mass is 10.2. The Morgan fingerprint density at radius 3 is 3.13 bits per heavy atom. The van der Waals surface area contributed by atoms with Gasteiger partial charge in [-0.2, -0.15) is 0 Å². The Balaban J connectivity index is 0.00000112. The SMILES string of the molecule is Cc1ccnc(OCC2CCCN2)c1.Cl. The second-order valence-corrected chi connectivity index (χ2v) is 3.78. The molecule has 1 aliphatic rings. The zero-order chi connectivity index (χ0) is 9.80. The average molecular weight is 229 g/mol. The molecule has 15 heavy (non-hydrogen) atoms. The summed E-state index contributed by atoms with van der Waals surface area (Å²) in [5.41, 5.74) is 1.19. The smallest absolute Gasteiger partial charge is 0.213 e. The van der Waals surface area contributed by atoms with Crippen molar-refractivity contribution in [2.75, 3.05) is 13.2 Å². The van der Waals surface area contributed by atoms with Gasteiger partial charge >= 0.3 is 0 Å². The summed E-state index contributed by atoms with van der Waals surface area (Å²) in [6, 6.07) is 4.45. The van der Waals surface area contributed by atoms with Crippen LogP contribution in [0.5, 0.6) is 5.88 Å². The number of hydrogen-bond donors (Lipinski definition) is 1. The minimum Gasteiger partial charge on any atom is -0.476 e. The van der Waals surface area contributed by atoms with Gasteiger partial charge in [0.1, 0.15) is 6.61 Å². The third kappa shape index (κ3) is 3.68. The quantitative estimate of drug-likeness (QED) is 0.859. The molecule has 1 fully saturated rings. The van der Waals surface area contributed by atoms with E-state index in [0.29, 0.717) is 6.04 Å². The van der Waals surface area contributed by atoms with E-state index in [0.717, 1.165) is 19.0 Å². The Kier molecular flexibility index (Phi) is 4.85. The van der Waals surface area contributed by atoms with Crippen molar-refractivity contribution in [2.45, 2.75) is 25.8 Å². The van der Waals surface area contributed by atoms with Gasteiger partial charge in [-0.25, -0.2) is 4.98 Å². The van der Waals surface area contributed by atoms with E-state index in [1.165, 1.54) is 18.4 Å². The second kappa shape index (κ2) is 5.93. The molecule has 1 atom stereocenters. The monoisotopic (exact) mass is 228 g/mol. The molecule has 2 rings (SSSR count). The predicted octanol–water partition coefficient (Wildman–Crippen LogP) is 1.94. The topological polar surface area (TPSA) is 34.1 Å². The molecular weight excluding hydrogens is 212 g/mol. The molecule has 1 aromatic heterocycles. The summed E-state index contributed by atoms with van der Waals surface area (Å²) in [6.45, 7) is 3.90. The molecule has 84 valence electrons. The molecule has 0 spiro atoms. The molecule has 0 aromatic carbocycles. The second-order valence-electron chi connectivity index (χ2n) is 3.78. The number of aromatic nitrogens is 1. The number of ether oxygens (including phenoxy) is 1. The zero-order valence-electron chi connectivity index (χ0n) is 8.90. The molecule has 1 unspecified atom stereocenters. The first-order valence-electron chi connectivity index (χ1n) is 5.13. The fraction of sp³-hybridized carbons (Fsp3) is 0.545. The molecule has 1 saturated heterocycles. The first-order valence-corrected chi connectivity index (χ1v) is 5.13. The van der Waals surface area contributed by atoms with Crippen LogP contribution in [0.3, 0.4) is 0 Å². The predicted molar refractivity (Wildman–Crippen MR) is 62.7 cm³/mol. The Morgan fingerprint density at radius 1 is 1.60 bits per heavy atom. The third-order valence-electron chi connectivity index (χ3n) is 2.49. The number of nitrogens with one attached hydrogen (secondary N) is 1. The number of pyridine rings is 1. The molecule has 3 nitrogen and oxygen atoms in total. The summed E-state index contributed by atoms with van der Waals surface area (Å²) < 4.78 is 5.60. The maximum atomic E-state index is 5.60. The van der Waals surface area contributed by atoms with Crippen molar-refractivity contribution in [2.24, 2.45) is 0 Å². The van der Waals surface area contributed by atoms with Gasteiger partial charge in [0.2, 0.25) is 5.88 Å². The maximum absolute atomic E-state index is 5.60. The summed E-state index contributed by atoms with van der Waals surface area (Å²) in [4.78, 5) is 4.15. The first-order chi connectivity index (χ1) is 6.84. The van der Waals surface area contributed by atoms with Crippen molar-refractivity contribution in [3.05, 3.63) is 23.9 Å². The van der Waals surface area contributed by atoms with Crippen molar-refractivity contribution in [1.29, 1.82) is 0 Å². The normalized spacial score (nSPS) is 19.7. The van der Waals surface area contributed by atoms with Crippen molar-refractivity contribution >= 4 is 12.4 Å². The Bertz CT molecular complexity index is 300. The fourth-order valence-electron chi connectivity index (χ4n) is 1.67. The number of nitrogens with zero attached hydrogens (tertiary/aromatic N) is 1. The number of hydrogen-bond acceptors (Lipinski definition) is 3. The lowest BCUT2D eigenvalue weighted by Crippen LogP contribution is -2.28. The molecule has 1 N–H and O–H groups in total. The van der Waals surface area contributed by atoms with Crippen LogP contribution in [0.25, 0.3) is 0 Å². The molecule has 1 aromatic rings. The minimum absolute atomic E-state index is 0. The van der Waals surface area contributed by atoms with Gasteiger partial charge in [-0.3, -0.25) is 0 Å². The number of rotatable bonds is 3. The summed E-state index contributed by atoms with van der Waals surface area (Å²) in [7, 11) is 0. The van der Waals surface area contributed by atoms with Crippen LogP contribution in [-0.4, -0.2) is 24.2 Å². The largest absolute Gasteiger partial charge is 0.476 e. The molecule has 0 amide bonds. The average Bonchev–Trinajstić information content (AvgIpc) is 2.67. The van der Waals surface area contributed by atoms with Crippen LogP contribution in [0.1, 0.15) is 18.4 Å². The van der Waals surface area contributed by atoms with Crippen LogP contribution < -0.4 is 10.1 Å². The van der Waals surface area contributed by atoms with Crippen LogP contribution in [-0.2, 0) is 0 Å². The van der Waals surface area contributed by atoms with E-state index in [4.69, 9.17) is 4.74 Å². The lowest BCUT2D eigenvalue weighted by Gasteiger charge is -2.11. The van der Waals surface area contributed by atoms with Crippen LogP contribution in [0.15, 0.2) is 18.3 Å². The van der Waals surface area contributed by atoms with Gasteiger partial charge in [0.15, 0.2) is 0 Å². The summed E-state index contributed by atoms with van der Waals surface area (Å²) in [5.74, 6) is 0.735. The van der Waals surface area contributed by atoms with Crippen molar-refractivity contribution in [3.63, 3.8) is 0 Å². The zero-order valence-corrected chi connectivity index (χ0v) is 9.72. The highest BCUT2D eigenvalue weighted by Crippen LogP contribution is 2.10. The first kappa shape index (κ1) is 12.3. The molecule has 0 aliphatic carbocycles. The van der Waals surface area contributed by atoms with Crippen molar-refractivity contribution in [1.82, 2.24) is 10.3 Å². The molecule has 0 bridgehead atoms. The van der Waals surface area contributed by atoms with Crippen LogP contribution >= 0.6 is 12.4 Å². The van der Waals surface area contributed by atoms with Gasteiger partial charge in [-0.15, -0.1) is 12.4 Å². The van der Waals surface area contributed by atoms with Gasteiger partial charge in [-0.05, 0) is 37.9 Å². The molecule has 2 heterocycles. The Labute approximate surface area is 96.7 Å². The van der Waals surface area contributed by atoms with Gasteiger partial charge in [0, 0.05) is 18.3 Å². The highest BCUT2D eigenvalue weighted by molar-refractivity contribution is 5.85. The third-order valence-corrected chi connectivity index (χ3v) is 2.49. The minimum atomic E-state index is 0. The van der Waals surface area contributed by atoms with E-state index in [1.54, 1.807) is 6.20 Å². The highest BCUT2D eigenvalue weighted by atomic mass is 35.5. The van der Waals surface area contributed by atoms with E-state index in [9.17, 15) is 0 Å². The molecular formula is C11H17ClN2O. The standard InChI is InChI=1S/C11H16N2O.ClH/c1-9-4-6-13-11(7-9)14-8-10-3-2-5-12-10;/h4,6-7,10,12H,2-3,5,8H2,1H3;1H. The highest BCUT2D eigenvalue weighted by Gasteiger charge is 2.14. The molecule has 0 saturated carbocycles. The van der Waals surface area contributed by atoms with E-state index in [1.807, 2.05) is 19.1 Å². The Morgan fingerprint density at radius 2 is 2.47 bits per heavy atom. The molecule has 1 aliphatic heterocycles. The van der Waals surface area contributed by atoms with Crippen molar-refractivity contribution in [3.8, 4) is 5.88 Å². The summed E-state index contributed by atoms with van der Waals surface area (Å²) in [6.07, 6.45) is 4.26. The molecule has 4 heteroatoms. The van der Waals surface area contributed by atoms with Gasteiger partial charge in [0.05, 0.1) is 0 Å². The number of halogens is 1. The van der Waals surface area contributed by atoms with Crippen LogP contribution in [0, 0.1) is 6.92 Å². The van der Waals surface area contributed by atoms with Gasteiger partial charge in [-0.1, -0.05) is 0 Å². The van der Waals surface area contributed by atoms with Crippen molar-refractivity contribution < 1.29 is 4.74 Å². The lowest BCUT2D eigenvalue weighted by molar-refractivity contribution is 0.267. The fourth-order valence-corrected chi connectivity index (χ4v) is 1.67. The van der Waals surface area contributed by atoms with E-state index >= 15 is 0 Å². The summed E-state index contributed by atoms with van der Waals surface area (Å²) in [5, 5.41) is 3.39. The van der Waals surface area contributed by atoms with E-state index in [-0.39, 0.29) is 12.4 Å². The van der Waals surface area contributed by atoms with E-state index in [2.05, 4.69) is 10.3 Å². The Hall–Kier alpha value is -0.800. The van der Waals surface area contributed by atoms with Gasteiger partial charge < -0.3 is 10.1 Å². The van der Waals surface area contributed by atoms with Crippen LogP contribution in [0.2, 0.25) is 0 Å². The summed E-state index contributed by atoms with van der Waals surface area (Å²) >= 11 is 0. The molecule has 0 radical (unpaired) electrons. The maximum Gasteiger partial charge on any atom is 0.213 e.